The number of benzene rings is 2. The molecule has 1 heterocycles. The van der Waals surface area contributed by atoms with Gasteiger partial charge in [-0.05, 0) is 30.3 Å². The molecule has 0 aliphatic carbocycles. The first-order chi connectivity index (χ1) is 11.5. The number of para-hydroxylation sites is 1. The molecule has 0 fully saturated rings. The smallest absolute Gasteiger partial charge is 0.349 e. The SMILES string of the molecule is COc1cc(Br)cc2cc(C(=O)Nc3ccccc3F)c(=O)oc12. The van der Waals surface area contributed by atoms with Crippen LogP contribution in [0, 0.1) is 5.82 Å². The molecule has 3 rings (SSSR count). The maximum Gasteiger partial charge on any atom is 0.349 e. The lowest BCUT2D eigenvalue weighted by Crippen LogP contribution is -2.21. The van der Waals surface area contributed by atoms with E-state index in [2.05, 4.69) is 21.2 Å². The first-order valence-corrected chi connectivity index (χ1v) is 7.66. The number of nitrogens with one attached hydrogen (secondary N) is 1. The molecule has 1 amide bonds. The van der Waals surface area contributed by atoms with E-state index in [9.17, 15) is 14.0 Å². The standard InChI is InChI=1S/C17H11BrFNO4/c1-23-14-8-10(18)6-9-7-11(17(22)24-15(9)14)16(21)20-13-5-3-2-4-12(13)19/h2-8H,1H3,(H,20,21). The number of anilines is 1. The number of hydrogen-bond acceptors (Lipinski definition) is 4. The second kappa shape index (κ2) is 6.45. The summed E-state index contributed by atoms with van der Waals surface area (Å²) >= 11 is 3.32. The van der Waals surface area contributed by atoms with E-state index < -0.39 is 17.3 Å². The van der Waals surface area contributed by atoms with Crippen LogP contribution in [0.5, 0.6) is 5.75 Å². The van der Waals surface area contributed by atoms with Crippen molar-refractivity contribution in [3.63, 3.8) is 0 Å². The van der Waals surface area contributed by atoms with Crippen LogP contribution in [0.25, 0.3) is 11.0 Å². The topological polar surface area (TPSA) is 68.5 Å². The molecule has 0 radical (unpaired) electrons. The summed E-state index contributed by atoms with van der Waals surface area (Å²) in [4.78, 5) is 24.4. The molecule has 3 aromatic rings. The van der Waals surface area contributed by atoms with Crippen LogP contribution in [-0.4, -0.2) is 13.0 Å². The molecule has 0 bridgehead atoms. The minimum atomic E-state index is -0.836. The van der Waals surface area contributed by atoms with E-state index in [1.807, 2.05) is 0 Å². The lowest BCUT2D eigenvalue weighted by Gasteiger charge is -2.08. The third-order valence-electron chi connectivity index (χ3n) is 3.35. The van der Waals surface area contributed by atoms with Crippen molar-refractivity contribution in [2.24, 2.45) is 0 Å². The fourth-order valence-corrected chi connectivity index (χ4v) is 2.68. The molecule has 0 spiro atoms. The average molecular weight is 392 g/mol. The number of carbonyl (C=O) groups excluding carboxylic acids is 1. The third kappa shape index (κ3) is 3.03. The van der Waals surface area contributed by atoms with Crippen LogP contribution in [0.2, 0.25) is 0 Å². The van der Waals surface area contributed by atoms with Crippen molar-refractivity contribution < 1.29 is 18.3 Å². The summed E-state index contributed by atoms with van der Waals surface area (Å²) in [5, 5.41) is 2.86. The molecule has 0 unspecified atom stereocenters. The quantitative estimate of drug-likeness (QED) is 0.686. The molecule has 0 atom stereocenters. The third-order valence-corrected chi connectivity index (χ3v) is 3.81. The minimum absolute atomic E-state index is 0.0196. The Bertz CT molecular complexity index is 1000. The zero-order valence-corrected chi connectivity index (χ0v) is 14.0. The van der Waals surface area contributed by atoms with Gasteiger partial charge in [-0.15, -0.1) is 0 Å². The number of fused-ring (bicyclic) bond motifs is 1. The van der Waals surface area contributed by atoms with Gasteiger partial charge in [0.15, 0.2) is 11.3 Å². The molecular formula is C17H11BrFNO4. The van der Waals surface area contributed by atoms with Gasteiger partial charge >= 0.3 is 5.63 Å². The lowest BCUT2D eigenvalue weighted by atomic mass is 10.1. The van der Waals surface area contributed by atoms with Crippen molar-refractivity contribution in [2.75, 3.05) is 12.4 Å². The monoisotopic (exact) mass is 391 g/mol. The molecule has 5 nitrogen and oxygen atoms in total. The summed E-state index contributed by atoms with van der Waals surface area (Å²) in [6.07, 6.45) is 0. The molecular weight excluding hydrogens is 381 g/mol. The molecule has 0 aliphatic rings. The van der Waals surface area contributed by atoms with Gasteiger partial charge in [0.05, 0.1) is 12.8 Å². The number of carbonyl (C=O) groups is 1. The van der Waals surface area contributed by atoms with E-state index in [0.29, 0.717) is 15.6 Å². The Morgan fingerprint density at radius 2 is 2.00 bits per heavy atom. The molecule has 1 N–H and O–H groups in total. The van der Waals surface area contributed by atoms with Gasteiger partial charge in [0, 0.05) is 9.86 Å². The van der Waals surface area contributed by atoms with Crippen molar-refractivity contribution in [3.05, 3.63) is 68.7 Å². The molecule has 1 aromatic heterocycles. The summed E-state index contributed by atoms with van der Waals surface area (Å²) in [5.41, 5.74) is -0.857. The fourth-order valence-electron chi connectivity index (χ4n) is 2.23. The zero-order valence-electron chi connectivity index (χ0n) is 12.4. The highest BCUT2D eigenvalue weighted by molar-refractivity contribution is 9.10. The fraction of sp³-hybridized carbons (Fsp3) is 0.0588. The molecule has 0 saturated carbocycles. The molecule has 0 saturated heterocycles. The number of halogens is 2. The Morgan fingerprint density at radius 1 is 1.25 bits per heavy atom. The van der Waals surface area contributed by atoms with Crippen molar-refractivity contribution in [1.29, 1.82) is 0 Å². The number of ether oxygens (including phenoxy) is 1. The first kappa shape index (κ1) is 16.2. The molecule has 122 valence electrons. The van der Waals surface area contributed by atoms with Crippen LogP contribution >= 0.6 is 15.9 Å². The zero-order chi connectivity index (χ0) is 17.3. The number of amides is 1. The highest BCUT2D eigenvalue weighted by Crippen LogP contribution is 2.29. The highest BCUT2D eigenvalue weighted by atomic mass is 79.9. The van der Waals surface area contributed by atoms with E-state index in [1.54, 1.807) is 18.2 Å². The molecule has 2 aromatic carbocycles. The predicted octanol–water partition coefficient (Wildman–Crippen LogP) is 3.96. The van der Waals surface area contributed by atoms with E-state index in [4.69, 9.17) is 9.15 Å². The van der Waals surface area contributed by atoms with E-state index in [-0.39, 0.29) is 16.8 Å². The Kier molecular flexibility index (Phi) is 4.35. The van der Waals surface area contributed by atoms with Crippen LogP contribution in [0.15, 0.2) is 56.1 Å². The maximum absolute atomic E-state index is 13.6. The van der Waals surface area contributed by atoms with Gasteiger partial charge in [0.25, 0.3) is 5.91 Å². The van der Waals surface area contributed by atoms with Crippen LogP contribution in [0.4, 0.5) is 10.1 Å². The summed E-state index contributed by atoms with van der Waals surface area (Å²) in [5.74, 6) is -0.993. The molecule has 0 aliphatic heterocycles. The molecule has 24 heavy (non-hydrogen) atoms. The van der Waals surface area contributed by atoms with Gasteiger partial charge in [-0.3, -0.25) is 4.79 Å². The van der Waals surface area contributed by atoms with E-state index in [1.165, 1.54) is 31.4 Å². The predicted molar refractivity (Wildman–Crippen MR) is 91.1 cm³/mol. The van der Waals surface area contributed by atoms with Crippen molar-refractivity contribution in [1.82, 2.24) is 0 Å². The largest absolute Gasteiger partial charge is 0.493 e. The number of methoxy groups -OCH3 is 1. The van der Waals surface area contributed by atoms with Crippen LogP contribution in [0.3, 0.4) is 0 Å². The summed E-state index contributed by atoms with van der Waals surface area (Å²) < 4.78 is 24.7. The van der Waals surface area contributed by atoms with Crippen molar-refractivity contribution in [2.45, 2.75) is 0 Å². The van der Waals surface area contributed by atoms with Gasteiger partial charge in [-0.1, -0.05) is 28.1 Å². The van der Waals surface area contributed by atoms with Gasteiger partial charge in [0.1, 0.15) is 11.4 Å². The molecule has 7 heteroatoms. The summed E-state index contributed by atoms with van der Waals surface area (Å²) in [6, 6.07) is 10.4. The van der Waals surface area contributed by atoms with Crippen LogP contribution < -0.4 is 15.7 Å². The Morgan fingerprint density at radius 3 is 2.71 bits per heavy atom. The Balaban J connectivity index is 2.06. The lowest BCUT2D eigenvalue weighted by molar-refractivity contribution is 0.102. The van der Waals surface area contributed by atoms with Crippen LogP contribution in [-0.2, 0) is 0 Å². The van der Waals surface area contributed by atoms with Gasteiger partial charge < -0.3 is 14.5 Å². The number of hydrogen-bond donors (Lipinski definition) is 1. The number of rotatable bonds is 3. The summed E-state index contributed by atoms with van der Waals surface area (Å²) in [7, 11) is 1.44. The average Bonchev–Trinajstić information content (AvgIpc) is 2.56. The van der Waals surface area contributed by atoms with Gasteiger partial charge in [0.2, 0.25) is 0 Å². The van der Waals surface area contributed by atoms with E-state index in [0.717, 1.165) is 0 Å². The second-order valence-corrected chi connectivity index (χ2v) is 5.82. The van der Waals surface area contributed by atoms with Gasteiger partial charge in [-0.2, -0.15) is 0 Å². The highest BCUT2D eigenvalue weighted by Gasteiger charge is 2.17. The first-order valence-electron chi connectivity index (χ1n) is 6.87. The normalized spacial score (nSPS) is 10.6. The summed E-state index contributed by atoms with van der Waals surface area (Å²) in [6.45, 7) is 0. The van der Waals surface area contributed by atoms with E-state index >= 15 is 0 Å². The van der Waals surface area contributed by atoms with Crippen molar-refractivity contribution in [3.8, 4) is 5.75 Å². The minimum Gasteiger partial charge on any atom is -0.493 e. The van der Waals surface area contributed by atoms with Crippen LogP contribution in [0.1, 0.15) is 10.4 Å². The Hall–Kier alpha value is -2.67. The van der Waals surface area contributed by atoms with Gasteiger partial charge in [-0.25, -0.2) is 9.18 Å². The van der Waals surface area contributed by atoms with Crippen molar-refractivity contribution >= 4 is 38.5 Å². The Labute approximate surface area is 144 Å². The maximum atomic E-state index is 13.6. The second-order valence-electron chi connectivity index (χ2n) is 4.91.